The summed E-state index contributed by atoms with van der Waals surface area (Å²) >= 11 is 7.79. The van der Waals surface area contributed by atoms with Gasteiger partial charge in [0, 0.05) is 10.9 Å². The molecule has 6 aromatic rings. The van der Waals surface area contributed by atoms with Crippen molar-refractivity contribution in [2.75, 3.05) is 20.2 Å². The number of hydrogen-bond donors (Lipinski definition) is 1. The van der Waals surface area contributed by atoms with Gasteiger partial charge in [0.2, 0.25) is 10.8 Å². The molecule has 7 rings (SSSR count). The molecule has 6 nitrogen and oxygen atoms in total. The van der Waals surface area contributed by atoms with Crippen LogP contribution < -0.4 is 4.74 Å². The smallest absolute Gasteiger partial charge is 0.230 e. The third kappa shape index (κ3) is 5.68. The SMILES string of the molecule is COc1ccc2cc([C@H](C)c3nc4sc([C@@H](c5ccc(Cl)cc5)N5CCC(Cc6ccccc6)CC5)c(O)n4n3)ccc2c1. The van der Waals surface area contributed by atoms with Crippen molar-refractivity contribution < 1.29 is 9.84 Å². The van der Waals surface area contributed by atoms with Crippen LogP contribution in [0.2, 0.25) is 5.02 Å². The van der Waals surface area contributed by atoms with Crippen molar-refractivity contribution in [1.29, 1.82) is 0 Å². The van der Waals surface area contributed by atoms with Gasteiger partial charge in [0.15, 0.2) is 5.82 Å². The zero-order chi connectivity index (χ0) is 30.2. The van der Waals surface area contributed by atoms with Crippen LogP contribution in [0.15, 0.2) is 91.0 Å². The number of likely N-dealkylation sites (tertiary alicyclic amines) is 1. The van der Waals surface area contributed by atoms with E-state index in [0.29, 0.717) is 21.7 Å². The molecule has 0 spiro atoms. The molecule has 1 aliphatic heterocycles. The van der Waals surface area contributed by atoms with E-state index in [1.165, 1.54) is 16.9 Å². The lowest BCUT2D eigenvalue weighted by atomic mass is 9.89. The summed E-state index contributed by atoms with van der Waals surface area (Å²) in [4.78, 5) is 8.97. The van der Waals surface area contributed by atoms with Crippen LogP contribution in [0.4, 0.5) is 0 Å². The average molecular weight is 623 g/mol. The first-order valence-electron chi connectivity index (χ1n) is 15.2. The van der Waals surface area contributed by atoms with Gasteiger partial charge in [-0.2, -0.15) is 4.52 Å². The highest BCUT2D eigenvalue weighted by Gasteiger charge is 2.32. The van der Waals surface area contributed by atoms with Crippen LogP contribution in [-0.4, -0.2) is 44.8 Å². The predicted octanol–water partition coefficient (Wildman–Crippen LogP) is 8.51. The van der Waals surface area contributed by atoms with E-state index < -0.39 is 0 Å². The highest BCUT2D eigenvalue weighted by atomic mass is 35.5. The lowest BCUT2D eigenvalue weighted by Crippen LogP contribution is -2.37. The Kier molecular flexibility index (Phi) is 8.02. The van der Waals surface area contributed by atoms with Gasteiger partial charge < -0.3 is 9.84 Å². The van der Waals surface area contributed by atoms with Gasteiger partial charge in [0.25, 0.3) is 0 Å². The summed E-state index contributed by atoms with van der Waals surface area (Å²) in [6, 6.07) is 31.2. The minimum Gasteiger partial charge on any atom is -0.497 e. The normalized spacial score (nSPS) is 16.0. The maximum atomic E-state index is 11.6. The number of rotatable bonds is 8. The Balaban J connectivity index is 1.16. The Bertz CT molecular complexity index is 1900. The van der Waals surface area contributed by atoms with Gasteiger partial charge in [-0.15, -0.1) is 5.10 Å². The standard InChI is InChI=1S/C36H35ClN4O2S/c1-23(27-8-9-29-22-31(43-2)15-12-28(29)21-27)34-38-36-41(39-34)35(42)33(44-36)32(26-10-13-30(37)14-11-26)40-18-16-25(17-19-40)20-24-6-4-3-5-7-24/h3-15,21-23,25,32,42H,16-20H2,1-2H3/t23-,32+/m0/s1. The van der Waals surface area contributed by atoms with Gasteiger partial charge in [-0.3, -0.25) is 4.90 Å². The number of aromatic nitrogens is 3. The molecule has 0 aliphatic carbocycles. The monoisotopic (exact) mass is 622 g/mol. The minimum absolute atomic E-state index is 0.0350. The summed E-state index contributed by atoms with van der Waals surface area (Å²) in [5, 5.41) is 19.4. The number of benzene rings is 4. The zero-order valence-electron chi connectivity index (χ0n) is 24.9. The molecule has 1 aliphatic rings. The van der Waals surface area contributed by atoms with Crippen molar-refractivity contribution >= 4 is 38.7 Å². The highest BCUT2D eigenvalue weighted by molar-refractivity contribution is 7.17. The number of ether oxygens (including phenoxy) is 1. The molecule has 44 heavy (non-hydrogen) atoms. The van der Waals surface area contributed by atoms with Gasteiger partial charge in [-0.25, -0.2) is 4.98 Å². The third-order valence-corrected chi connectivity index (χ3v) is 10.3. The molecule has 0 radical (unpaired) electrons. The molecule has 4 aromatic carbocycles. The average Bonchev–Trinajstić information content (AvgIpc) is 3.61. The number of nitrogens with zero attached hydrogens (tertiary/aromatic N) is 4. The number of piperidine rings is 1. The third-order valence-electron chi connectivity index (χ3n) is 8.99. The molecule has 1 fully saturated rings. The second-order valence-electron chi connectivity index (χ2n) is 11.8. The number of aromatic hydroxyl groups is 1. The molecule has 224 valence electrons. The Labute approximate surface area is 266 Å². The molecule has 2 aromatic heterocycles. The quantitative estimate of drug-likeness (QED) is 0.184. The van der Waals surface area contributed by atoms with Crippen molar-refractivity contribution in [3.05, 3.63) is 123 Å². The molecule has 0 bridgehead atoms. The molecule has 0 amide bonds. The second-order valence-corrected chi connectivity index (χ2v) is 13.2. The van der Waals surface area contributed by atoms with Crippen LogP contribution in [0.1, 0.15) is 59.1 Å². The molecule has 3 heterocycles. The minimum atomic E-state index is -0.100. The fourth-order valence-corrected chi connectivity index (χ4v) is 7.70. The first-order valence-corrected chi connectivity index (χ1v) is 16.4. The number of halogens is 1. The van der Waals surface area contributed by atoms with E-state index in [0.717, 1.165) is 64.9 Å². The number of hydrogen-bond acceptors (Lipinski definition) is 6. The Morgan fingerprint density at radius 1 is 0.932 bits per heavy atom. The first kappa shape index (κ1) is 28.8. The van der Waals surface area contributed by atoms with E-state index in [2.05, 4.69) is 78.6 Å². The maximum absolute atomic E-state index is 11.6. The fourth-order valence-electron chi connectivity index (χ4n) is 6.45. The fraction of sp³-hybridized carbons (Fsp3) is 0.278. The summed E-state index contributed by atoms with van der Waals surface area (Å²) in [6.45, 7) is 4.01. The summed E-state index contributed by atoms with van der Waals surface area (Å²) in [7, 11) is 1.68. The van der Waals surface area contributed by atoms with Crippen LogP contribution in [-0.2, 0) is 6.42 Å². The van der Waals surface area contributed by atoms with Crippen molar-refractivity contribution in [3.8, 4) is 11.6 Å². The van der Waals surface area contributed by atoms with Crippen molar-refractivity contribution in [2.45, 2.75) is 38.1 Å². The van der Waals surface area contributed by atoms with Crippen LogP contribution in [0.25, 0.3) is 15.7 Å². The van der Waals surface area contributed by atoms with Gasteiger partial charge >= 0.3 is 0 Å². The molecule has 1 N–H and O–H groups in total. The van der Waals surface area contributed by atoms with E-state index in [4.69, 9.17) is 26.4 Å². The number of fused-ring (bicyclic) bond motifs is 2. The lowest BCUT2D eigenvalue weighted by molar-refractivity contribution is 0.150. The molecule has 0 saturated carbocycles. The Morgan fingerprint density at radius 2 is 1.64 bits per heavy atom. The summed E-state index contributed by atoms with van der Waals surface area (Å²) < 4.78 is 6.99. The van der Waals surface area contributed by atoms with Crippen LogP contribution in [0.3, 0.4) is 0 Å². The summed E-state index contributed by atoms with van der Waals surface area (Å²) in [6.07, 6.45) is 3.33. The van der Waals surface area contributed by atoms with E-state index in [1.807, 2.05) is 24.3 Å². The van der Waals surface area contributed by atoms with E-state index in [1.54, 1.807) is 11.6 Å². The lowest BCUT2D eigenvalue weighted by Gasteiger charge is -2.37. The van der Waals surface area contributed by atoms with Gasteiger partial charge in [0.05, 0.1) is 18.0 Å². The van der Waals surface area contributed by atoms with Crippen LogP contribution in [0.5, 0.6) is 11.6 Å². The van der Waals surface area contributed by atoms with Crippen LogP contribution >= 0.6 is 22.9 Å². The highest BCUT2D eigenvalue weighted by Crippen LogP contribution is 2.42. The number of methoxy groups -OCH3 is 1. The van der Waals surface area contributed by atoms with Crippen LogP contribution in [0, 0.1) is 5.92 Å². The van der Waals surface area contributed by atoms with E-state index in [9.17, 15) is 5.11 Å². The van der Waals surface area contributed by atoms with Gasteiger partial charge in [-0.05, 0) is 90.0 Å². The Morgan fingerprint density at radius 3 is 2.36 bits per heavy atom. The molecule has 2 atom stereocenters. The molecule has 8 heteroatoms. The van der Waals surface area contributed by atoms with Crippen molar-refractivity contribution in [1.82, 2.24) is 19.5 Å². The first-order chi connectivity index (χ1) is 21.5. The van der Waals surface area contributed by atoms with Gasteiger partial charge in [0.1, 0.15) is 5.75 Å². The second kappa shape index (κ2) is 12.2. The van der Waals surface area contributed by atoms with E-state index in [-0.39, 0.29) is 17.8 Å². The summed E-state index contributed by atoms with van der Waals surface area (Å²) in [5.74, 6) is 2.31. The van der Waals surface area contributed by atoms with Crippen molar-refractivity contribution in [3.63, 3.8) is 0 Å². The van der Waals surface area contributed by atoms with Gasteiger partial charge in [-0.1, -0.05) is 96.6 Å². The molecular weight excluding hydrogens is 588 g/mol. The molecular formula is C36H35ClN4O2S. The maximum Gasteiger partial charge on any atom is 0.230 e. The molecule has 0 unspecified atom stereocenters. The topological polar surface area (TPSA) is 62.9 Å². The predicted molar refractivity (Wildman–Crippen MR) is 178 cm³/mol. The number of thiazole rings is 1. The molecule has 1 saturated heterocycles. The van der Waals surface area contributed by atoms with E-state index >= 15 is 0 Å². The zero-order valence-corrected chi connectivity index (χ0v) is 26.4. The largest absolute Gasteiger partial charge is 0.497 e. The van der Waals surface area contributed by atoms with Crippen molar-refractivity contribution in [2.24, 2.45) is 5.92 Å². The summed E-state index contributed by atoms with van der Waals surface area (Å²) in [5.41, 5.74) is 3.63. The Hall–Kier alpha value is -3.91.